The fourth-order valence-corrected chi connectivity index (χ4v) is 1.16. The lowest BCUT2D eigenvalue weighted by Gasteiger charge is -2.25. The molecule has 0 aromatic heterocycles. The van der Waals surface area contributed by atoms with Crippen molar-refractivity contribution in [1.29, 1.82) is 0 Å². The van der Waals surface area contributed by atoms with Crippen molar-refractivity contribution in [1.82, 2.24) is 0 Å². The van der Waals surface area contributed by atoms with Gasteiger partial charge in [0.15, 0.2) is 0 Å². The van der Waals surface area contributed by atoms with E-state index in [1.807, 2.05) is 6.92 Å². The maximum Gasteiger partial charge on any atom is 0.336 e. The fourth-order valence-electron chi connectivity index (χ4n) is 0.575. The number of rotatable bonds is 6. The average Bonchev–Trinajstić information content (AvgIpc) is 2.14. The summed E-state index contributed by atoms with van der Waals surface area (Å²) in [6, 6.07) is 0. The summed E-state index contributed by atoms with van der Waals surface area (Å²) in [5, 5.41) is 0.360. The molecular formula is C9H14Br2O3. The van der Waals surface area contributed by atoms with Crippen LogP contribution < -0.4 is 0 Å². The Bertz CT molecular complexity index is 218. The van der Waals surface area contributed by atoms with E-state index in [1.54, 1.807) is 6.92 Å². The monoisotopic (exact) mass is 328 g/mol. The number of alkyl halides is 2. The maximum atomic E-state index is 11.2. The third-order valence-electron chi connectivity index (χ3n) is 1.27. The summed E-state index contributed by atoms with van der Waals surface area (Å²) in [7, 11) is 0. The van der Waals surface area contributed by atoms with E-state index in [-0.39, 0.29) is 0 Å². The first-order valence-electron chi connectivity index (χ1n) is 4.23. The lowest BCUT2D eigenvalue weighted by atomic mass is 10.4. The molecule has 0 N–H and O–H groups in total. The zero-order valence-corrected chi connectivity index (χ0v) is 11.5. The quantitative estimate of drug-likeness (QED) is 0.325. The highest BCUT2D eigenvalue weighted by Gasteiger charge is 2.30. The molecule has 14 heavy (non-hydrogen) atoms. The Balaban J connectivity index is 4.24. The number of hydrogen-bond donors (Lipinski definition) is 0. The highest BCUT2D eigenvalue weighted by Crippen LogP contribution is 2.25. The Hall–Kier alpha value is 0.130. The summed E-state index contributed by atoms with van der Waals surface area (Å²) >= 11 is 6.40. The first-order valence-corrected chi connectivity index (χ1v) is 6.14. The fraction of sp³-hybridized carbons (Fsp3) is 0.667. The lowest BCUT2D eigenvalue weighted by molar-refractivity contribution is -0.177. The van der Waals surface area contributed by atoms with Crippen LogP contribution >= 0.6 is 31.9 Å². The Morgan fingerprint density at radius 3 is 2.50 bits per heavy atom. The molecule has 0 saturated carbocycles. The molecule has 5 heteroatoms. The number of carbonyl (C=O) groups is 1. The van der Waals surface area contributed by atoms with Gasteiger partial charge in [0.2, 0.25) is 0 Å². The van der Waals surface area contributed by atoms with Gasteiger partial charge in [-0.25, -0.2) is 4.79 Å². The summed E-state index contributed by atoms with van der Waals surface area (Å²) in [6.45, 7) is 7.56. The van der Waals surface area contributed by atoms with Crippen molar-refractivity contribution >= 4 is 37.8 Å². The molecule has 0 aliphatic carbocycles. The van der Waals surface area contributed by atoms with Crippen molar-refractivity contribution in [3.05, 3.63) is 12.2 Å². The number of hydrogen-bond acceptors (Lipinski definition) is 3. The van der Waals surface area contributed by atoms with E-state index < -0.39 is 10.7 Å². The van der Waals surface area contributed by atoms with Crippen LogP contribution in [0.1, 0.15) is 20.3 Å². The smallest absolute Gasteiger partial charge is 0.336 e. The van der Waals surface area contributed by atoms with Gasteiger partial charge in [0.25, 0.3) is 4.70 Å². The van der Waals surface area contributed by atoms with E-state index in [1.165, 1.54) is 0 Å². The van der Waals surface area contributed by atoms with Gasteiger partial charge in [-0.15, -0.1) is 0 Å². The molecule has 0 bridgehead atoms. The second kappa shape index (κ2) is 6.58. The zero-order chi connectivity index (χ0) is 11.2. The second-order valence-electron chi connectivity index (χ2n) is 2.81. The lowest BCUT2D eigenvalue weighted by Crippen LogP contribution is -2.34. The van der Waals surface area contributed by atoms with E-state index in [0.717, 1.165) is 6.42 Å². The van der Waals surface area contributed by atoms with Gasteiger partial charge in [-0.05, 0) is 29.3 Å². The SMILES string of the molecule is C=C(C)C(=O)OC(Br)(CBr)OCCC. The van der Waals surface area contributed by atoms with Gasteiger partial charge in [-0.2, -0.15) is 0 Å². The molecule has 0 amide bonds. The van der Waals surface area contributed by atoms with Crippen molar-refractivity contribution in [2.24, 2.45) is 0 Å². The third kappa shape index (κ3) is 5.12. The molecule has 0 aliphatic heterocycles. The van der Waals surface area contributed by atoms with Crippen LogP contribution in [0.4, 0.5) is 0 Å². The van der Waals surface area contributed by atoms with Crippen molar-refractivity contribution in [2.75, 3.05) is 11.9 Å². The predicted octanol–water partition coefficient (Wildman–Crippen LogP) is 2.98. The molecule has 0 fully saturated rings. The van der Waals surface area contributed by atoms with Crippen molar-refractivity contribution < 1.29 is 14.3 Å². The van der Waals surface area contributed by atoms with Crippen LogP contribution in [0.3, 0.4) is 0 Å². The number of esters is 1. The van der Waals surface area contributed by atoms with Gasteiger partial charge in [-0.1, -0.05) is 29.4 Å². The van der Waals surface area contributed by atoms with E-state index in [2.05, 4.69) is 38.4 Å². The molecule has 1 unspecified atom stereocenters. The topological polar surface area (TPSA) is 35.5 Å². The molecule has 3 nitrogen and oxygen atoms in total. The molecule has 0 aromatic carbocycles. The first-order chi connectivity index (χ1) is 6.45. The third-order valence-corrected chi connectivity index (χ3v) is 3.44. The number of carbonyl (C=O) groups excluding carboxylic acids is 1. The summed E-state index contributed by atoms with van der Waals surface area (Å²) in [4.78, 5) is 11.2. The van der Waals surface area contributed by atoms with Gasteiger partial charge in [0.05, 0.1) is 11.9 Å². The Kier molecular flexibility index (Phi) is 6.64. The normalized spacial score (nSPS) is 14.6. The minimum atomic E-state index is -1.08. The molecule has 0 saturated heterocycles. The van der Waals surface area contributed by atoms with E-state index in [0.29, 0.717) is 17.5 Å². The Morgan fingerprint density at radius 2 is 2.14 bits per heavy atom. The Morgan fingerprint density at radius 1 is 1.57 bits per heavy atom. The second-order valence-corrected chi connectivity index (χ2v) is 4.58. The molecular weight excluding hydrogens is 316 g/mol. The molecule has 0 spiro atoms. The predicted molar refractivity (Wildman–Crippen MR) is 62.6 cm³/mol. The number of ether oxygens (including phenoxy) is 2. The largest absolute Gasteiger partial charge is 0.418 e. The highest BCUT2D eigenvalue weighted by atomic mass is 79.9. The standard InChI is InChI=1S/C9H14Br2O3/c1-4-5-13-9(11,6-10)14-8(12)7(2)3/h2,4-6H2,1,3H3. The molecule has 0 aromatic rings. The summed E-state index contributed by atoms with van der Waals surface area (Å²) in [6.07, 6.45) is 0.852. The van der Waals surface area contributed by atoms with Crippen LogP contribution in [0, 0.1) is 0 Å². The minimum Gasteiger partial charge on any atom is -0.418 e. The highest BCUT2D eigenvalue weighted by molar-refractivity contribution is 9.12. The van der Waals surface area contributed by atoms with Gasteiger partial charge in [-0.3, -0.25) is 0 Å². The van der Waals surface area contributed by atoms with E-state index in [4.69, 9.17) is 9.47 Å². The van der Waals surface area contributed by atoms with Crippen LogP contribution in [0.15, 0.2) is 12.2 Å². The van der Waals surface area contributed by atoms with Crippen molar-refractivity contribution in [2.45, 2.75) is 25.0 Å². The molecule has 0 rings (SSSR count). The van der Waals surface area contributed by atoms with Crippen molar-refractivity contribution in [3.63, 3.8) is 0 Å². The first kappa shape index (κ1) is 14.1. The van der Waals surface area contributed by atoms with Gasteiger partial charge < -0.3 is 9.47 Å². The molecule has 82 valence electrons. The minimum absolute atomic E-state index is 0.342. The van der Waals surface area contributed by atoms with Crippen molar-refractivity contribution in [3.8, 4) is 0 Å². The van der Waals surface area contributed by atoms with Crippen LogP contribution in [-0.2, 0) is 14.3 Å². The molecule has 1 atom stereocenters. The van der Waals surface area contributed by atoms with Gasteiger partial charge >= 0.3 is 5.97 Å². The summed E-state index contributed by atoms with van der Waals surface area (Å²) in [5.41, 5.74) is 0.342. The van der Waals surface area contributed by atoms with E-state index >= 15 is 0 Å². The average molecular weight is 330 g/mol. The van der Waals surface area contributed by atoms with E-state index in [9.17, 15) is 4.79 Å². The Labute approximate surface area is 101 Å². The van der Waals surface area contributed by atoms with Crippen LogP contribution in [0.5, 0.6) is 0 Å². The summed E-state index contributed by atoms with van der Waals surface area (Å²) < 4.78 is 9.31. The number of halogens is 2. The summed E-state index contributed by atoms with van der Waals surface area (Å²) in [5.74, 6) is -0.475. The molecule has 0 heterocycles. The molecule has 0 aliphatic rings. The van der Waals surface area contributed by atoms with Gasteiger partial charge in [0.1, 0.15) is 0 Å². The zero-order valence-electron chi connectivity index (χ0n) is 8.31. The maximum absolute atomic E-state index is 11.2. The van der Waals surface area contributed by atoms with Gasteiger partial charge in [0, 0.05) is 5.57 Å². The molecule has 0 radical (unpaired) electrons. The van der Waals surface area contributed by atoms with Crippen LogP contribution in [0.25, 0.3) is 0 Å². The van der Waals surface area contributed by atoms with Crippen LogP contribution in [-0.4, -0.2) is 22.6 Å². The van der Waals surface area contributed by atoms with Crippen LogP contribution in [0.2, 0.25) is 0 Å².